The summed E-state index contributed by atoms with van der Waals surface area (Å²) in [6, 6.07) is 13.9. The summed E-state index contributed by atoms with van der Waals surface area (Å²) in [7, 11) is 0. The fourth-order valence-corrected chi connectivity index (χ4v) is 2.52. The summed E-state index contributed by atoms with van der Waals surface area (Å²) in [5.74, 6) is 0. The van der Waals surface area contributed by atoms with Gasteiger partial charge in [-0.3, -0.25) is 0 Å². The van der Waals surface area contributed by atoms with E-state index in [1.807, 2.05) is 30.3 Å². The number of aliphatic hydroxyl groups excluding tert-OH is 1. The number of para-hydroxylation sites is 1. The highest BCUT2D eigenvalue weighted by Crippen LogP contribution is 2.33. The number of halogens is 1. The van der Waals surface area contributed by atoms with Crippen LogP contribution in [0, 0.1) is 6.92 Å². The van der Waals surface area contributed by atoms with Crippen LogP contribution < -0.4 is 4.90 Å². The Hall–Kier alpha value is -1.51. The maximum atomic E-state index is 9.55. The van der Waals surface area contributed by atoms with Crippen LogP contribution in [0.4, 0.5) is 11.4 Å². The molecule has 19 heavy (non-hydrogen) atoms. The fourth-order valence-electron chi connectivity index (χ4n) is 2.29. The van der Waals surface area contributed by atoms with Crippen molar-refractivity contribution in [3.05, 3.63) is 58.6 Å². The molecular weight excluding hydrogens is 258 g/mol. The van der Waals surface area contributed by atoms with E-state index in [4.69, 9.17) is 11.6 Å². The molecule has 100 valence electrons. The Morgan fingerprint density at radius 2 is 1.74 bits per heavy atom. The summed E-state index contributed by atoms with van der Waals surface area (Å²) in [5, 5.41) is 10.2. The predicted octanol–water partition coefficient (Wildman–Crippen LogP) is 4.30. The van der Waals surface area contributed by atoms with Gasteiger partial charge in [0.15, 0.2) is 0 Å². The first-order valence-electron chi connectivity index (χ1n) is 6.40. The van der Waals surface area contributed by atoms with Crippen molar-refractivity contribution < 1.29 is 5.11 Å². The predicted molar refractivity (Wildman–Crippen MR) is 81.2 cm³/mol. The lowest BCUT2D eigenvalue weighted by molar-refractivity contribution is 0.282. The lowest BCUT2D eigenvalue weighted by atomic mass is 10.1. The molecule has 0 aliphatic heterocycles. The third-order valence-corrected chi connectivity index (χ3v) is 3.62. The van der Waals surface area contributed by atoms with Crippen LogP contribution in [-0.2, 0) is 6.61 Å². The molecule has 0 saturated heterocycles. The van der Waals surface area contributed by atoms with E-state index in [0.29, 0.717) is 5.02 Å². The van der Waals surface area contributed by atoms with Gasteiger partial charge in [-0.25, -0.2) is 0 Å². The fraction of sp³-hybridized carbons (Fsp3) is 0.250. The topological polar surface area (TPSA) is 23.5 Å². The Morgan fingerprint density at radius 3 is 2.37 bits per heavy atom. The van der Waals surface area contributed by atoms with E-state index in [9.17, 15) is 5.11 Å². The molecule has 0 heterocycles. The van der Waals surface area contributed by atoms with Crippen LogP contribution in [0.1, 0.15) is 18.1 Å². The molecule has 2 nitrogen and oxygen atoms in total. The molecule has 0 saturated carbocycles. The molecule has 0 aliphatic rings. The Balaban J connectivity index is 2.55. The van der Waals surface area contributed by atoms with Gasteiger partial charge in [0.25, 0.3) is 0 Å². The van der Waals surface area contributed by atoms with Gasteiger partial charge < -0.3 is 10.0 Å². The van der Waals surface area contributed by atoms with Gasteiger partial charge in [0.1, 0.15) is 0 Å². The first-order chi connectivity index (χ1) is 9.19. The quantitative estimate of drug-likeness (QED) is 0.899. The summed E-state index contributed by atoms with van der Waals surface area (Å²) < 4.78 is 0. The number of aliphatic hydroxyl groups is 1. The Labute approximate surface area is 119 Å². The van der Waals surface area contributed by atoms with Crippen LogP contribution in [-0.4, -0.2) is 11.7 Å². The molecule has 0 bridgehead atoms. The minimum Gasteiger partial charge on any atom is -0.392 e. The van der Waals surface area contributed by atoms with E-state index in [0.717, 1.165) is 23.5 Å². The van der Waals surface area contributed by atoms with E-state index in [-0.39, 0.29) is 6.61 Å². The van der Waals surface area contributed by atoms with Gasteiger partial charge in [0, 0.05) is 28.5 Å². The maximum absolute atomic E-state index is 9.55. The van der Waals surface area contributed by atoms with Gasteiger partial charge in [0.2, 0.25) is 0 Å². The molecule has 0 radical (unpaired) electrons. The summed E-state index contributed by atoms with van der Waals surface area (Å²) in [6.07, 6.45) is 0. The lowest BCUT2D eigenvalue weighted by Crippen LogP contribution is -2.18. The lowest BCUT2D eigenvalue weighted by Gasteiger charge is -2.27. The zero-order chi connectivity index (χ0) is 13.8. The van der Waals surface area contributed by atoms with Crippen molar-refractivity contribution >= 4 is 23.0 Å². The summed E-state index contributed by atoms with van der Waals surface area (Å²) >= 11 is 6.17. The highest BCUT2D eigenvalue weighted by molar-refractivity contribution is 6.31. The van der Waals surface area contributed by atoms with Gasteiger partial charge >= 0.3 is 0 Å². The molecule has 0 fully saturated rings. The number of hydrogen-bond donors (Lipinski definition) is 1. The van der Waals surface area contributed by atoms with Crippen molar-refractivity contribution in [1.29, 1.82) is 0 Å². The van der Waals surface area contributed by atoms with Crippen LogP contribution in [0.2, 0.25) is 5.02 Å². The van der Waals surface area contributed by atoms with Crippen molar-refractivity contribution in [2.24, 2.45) is 0 Å². The third kappa shape index (κ3) is 2.75. The van der Waals surface area contributed by atoms with Crippen molar-refractivity contribution in [2.75, 3.05) is 11.4 Å². The molecule has 3 heteroatoms. The molecule has 2 aromatic rings. The second-order valence-electron chi connectivity index (χ2n) is 4.43. The van der Waals surface area contributed by atoms with E-state index < -0.39 is 0 Å². The molecule has 0 aromatic heterocycles. The van der Waals surface area contributed by atoms with Gasteiger partial charge in [-0.1, -0.05) is 35.9 Å². The SMILES string of the molecule is CCN(c1ccccc1C)c1cccc(Cl)c1CO. The van der Waals surface area contributed by atoms with Crippen molar-refractivity contribution in [3.8, 4) is 0 Å². The van der Waals surface area contributed by atoms with Gasteiger partial charge in [-0.2, -0.15) is 0 Å². The highest BCUT2D eigenvalue weighted by Gasteiger charge is 2.14. The van der Waals surface area contributed by atoms with Gasteiger partial charge in [-0.05, 0) is 37.6 Å². The van der Waals surface area contributed by atoms with E-state index >= 15 is 0 Å². The maximum Gasteiger partial charge on any atom is 0.0716 e. The van der Waals surface area contributed by atoms with Crippen LogP contribution in [0.3, 0.4) is 0 Å². The molecule has 0 aliphatic carbocycles. The summed E-state index contributed by atoms with van der Waals surface area (Å²) in [6.45, 7) is 4.94. The molecule has 0 amide bonds. The number of rotatable bonds is 4. The second kappa shape index (κ2) is 6.09. The number of anilines is 2. The standard InChI is InChI=1S/C16H18ClNO/c1-3-18(15-9-5-4-7-12(15)2)16-10-6-8-14(17)13(16)11-19/h4-10,19H,3,11H2,1-2H3. The molecule has 0 atom stereocenters. The third-order valence-electron chi connectivity index (χ3n) is 3.27. The minimum absolute atomic E-state index is 0.0581. The Kier molecular flexibility index (Phi) is 4.46. The number of nitrogens with zero attached hydrogens (tertiary/aromatic N) is 1. The first kappa shape index (κ1) is 13.9. The van der Waals surface area contributed by atoms with Crippen LogP contribution in [0.5, 0.6) is 0 Å². The number of benzene rings is 2. The molecule has 2 rings (SSSR count). The van der Waals surface area contributed by atoms with Gasteiger partial charge in [-0.15, -0.1) is 0 Å². The number of aryl methyl sites for hydroxylation is 1. The minimum atomic E-state index is -0.0581. The van der Waals surface area contributed by atoms with Crippen LogP contribution in [0.25, 0.3) is 0 Å². The smallest absolute Gasteiger partial charge is 0.0716 e. The van der Waals surface area contributed by atoms with E-state index in [1.165, 1.54) is 5.56 Å². The average Bonchev–Trinajstić information content (AvgIpc) is 2.42. The highest BCUT2D eigenvalue weighted by atomic mass is 35.5. The molecule has 1 N–H and O–H groups in total. The monoisotopic (exact) mass is 275 g/mol. The Bertz CT molecular complexity index is 568. The number of hydrogen-bond acceptors (Lipinski definition) is 2. The molecular formula is C16H18ClNO. The van der Waals surface area contributed by atoms with Crippen LogP contribution in [0.15, 0.2) is 42.5 Å². The first-order valence-corrected chi connectivity index (χ1v) is 6.78. The normalized spacial score (nSPS) is 10.5. The van der Waals surface area contributed by atoms with Gasteiger partial charge in [0.05, 0.1) is 6.61 Å². The zero-order valence-corrected chi connectivity index (χ0v) is 12.0. The van der Waals surface area contributed by atoms with E-state index in [1.54, 1.807) is 0 Å². The average molecular weight is 276 g/mol. The van der Waals surface area contributed by atoms with Crippen molar-refractivity contribution in [2.45, 2.75) is 20.5 Å². The van der Waals surface area contributed by atoms with E-state index in [2.05, 4.69) is 30.9 Å². The van der Waals surface area contributed by atoms with Crippen LogP contribution >= 0.6 is 11.6 Å². The summed E-state index contributed by atoms with van der Waals surface area (Å²) in [4.78, 5) is 2.17. The largest absolute Gasteiger partial charge is 0.392 e. The molecule has 0 unspecified atom stereocenters. The zero-order valence-electron chi connectivity index (χ0n) is 11.2. The molecule has 0 spiro atoms. The summed E-state index contributed by atoms with van der Waals surface area (Å²) in [5.41, 5.74) is 4.08. The van der Waals surface area contributed by atoms with Crippen molar-refractivity contribution in [3.63, 3.8) is 0 Å². The Morgan fingerprint density at radius 1 is 1.05 bits per heavy atom. The second-order valence-corrected chi connectivity index (χ2v) is 4.83. The molecule has 2 aromatic carbocycles. The van der Waals surface area contributed by atoms with Crippen molar-refractivity contribution in [1.82, 2.24) is 0 Å².